The monoisotopic (exact) mass is 619 g/mol. The molecule has 2 N–H and O–H groups in total. The van der Waals surface area contributed by atoms with Gasteiger partial charge in [0.05, 0.1) is 42.6 Å². The van der Waals surface area contributed by atoms with Crippen molar-refractivity contribution in [3.05, 3.63) is 72.6 Å². The first-order chi connectivity index (χ1) is 21.8. The van der Waals surface area contributed by atoms with Crippen LogP contribution in [0.15, 0.2) is 60.9 Å². The standard InChI is InChI=1S/C32H31F2N5O6/c1-42-28-17-21(2-4-23(28)33)39(31(41)32(7-8-32)30(35)40)20-3-5-27(24(34)16-20)45-26-6-9-36-25-18-29(37-19-22(25)26)44-15-12-38-10-13-43-14-11-38/h2-6,9,16-19H,7-8,10-15H2,1H3,(H2,35,40). The topological polar surface area (TPSA) is 129 Å². The van der Waals surface area contributed by atoms with E-state index in [1.165, 1.54) is 37.6 Å². The molecule has 1 aliphatic carbocycles. The van der Waals surface area contributed by atoms with Crippen molar-refractivity contribution in [1.82, 2.24) is 14.9 Å². The molecule has 234 valence electrons. The second-order valence-electron chi connectivity index (χ2n) is 10.8. The van der Waals surface area contributed by atoms with E-state index in [9.17, 15) is 14.0 Å². The molecular weight excluding hydrogens is 588 g/mol. The van der Waals surface area contributed by atoms with Gasteiger partial charge in [-0.1, -0.05) is 0 Å². The molecule has 2 aromatic carbocycles. The number of ether oxygens (including phenoxy) is 4. The van der Waals surface area contributed by atoms with Crippen molar-refractivity contribution in [2.45, 2.75) is 12.8 Å². The number of primary amides is 1. The molecule has 2 aliphatic rings. The van der Waals surface area contributed by atoms with Crippen LogP contribution in [0.25, 0.3) is 10.9 Å². The van der Waals surface area contributed by atoms with Gasteiger partial charge in [-0.05, 0) is 43.2 Å². The maximum absolute atomic E-state index is 15.6. The molecule has 11 nitrogen and oxygen atoms in total. The Hall–Kier alpha value is -4.88. The maximum atomic E-state index is 15.6. The van der Waals surface area contributed by atoms with E-state index < -0.39 is 28.9 Å². The SMILES string of the molecule is COc1cc(N(C(=O)C2(C(N)=O)CC2)c2ccc(Oc3ccnc4cc(OCCN5CCOCC5)ncc34)c(F)c2)ccc1F. The van der Waals surface area contributed by atoms with Gasteiger partial charge in [0.1, 0.15) is 17.8 Å². The second kappa shape index (κ2) is 12.6. The van der Waals surface area contributed by atoms with Crippen LogP contribution in [-0.2, 0) is 14.3 Å². The number of rotatable bonds is 11. The van der Waals surface area contributed by atoms with E-state index in [-0.39, 0.29) is 35.7 Å². The molecule has 1 saturated carbocycles. The highest BCUT2D eigenvalue weighted by atomic mass is 19.1. The fourth-order valence-electron chi connectivity index (χ4n) is 5.18. The van der Waals surface area contributed by atoms with E-state index >= 15 is 4.39 Å². The van der Waals surface area contributed by atoms with E-state index in [1.807, 2.05) is 0 Å². The molecule has 6 rings (SSSR count). The Balaban J connectivity index is 1.24. The number of pyridine rings is 2. The average molecular weight is 620 g/mol. The Kier molecular flexibility index (Phi) is 8.46. The molecule has 0 radical (unpaired) electrons. The van der Waals surface area contributed by atoms with Crippen molar-refractivity contribution >= 4 is 34.1 Å². The number of nitrogens with two attached hydrogens (primary N) is 1. The molecule has 45 heavy (non-hydrogen) atoms. The van der Waals surface area contributed by atoms with Crippen molar-refractivity contribution in [2.24, 2.45) is 11.1 Å². The summed E-state index contributed by atoms with van der Waals surface area (Å²) in [4.78, 5) is 38.0. The fourth-order valence-corrected chi connectivity index (χ4v) is 5.18. The lowest BCUT2D eigenvalue weighted by Gasteiger charge is -2.27. The number of morpholine rings is 1. The van der Waals surface area contributed by atoms with Gasteiger partial charge in [-0.25, -0.2) is 13.8 Å². The minimum Gasteiger partial charge on any atom is -0.494 e. The van der Waals surface area contributed by atoms with Gasteiger partial charge in [-0.15, -0.1) is 0 Å². The molecule has 13 heteroatoms. The van der Waals surface area contributed by atoms with E-state index in [2.05, 4.69) is 14.9 Å². The maximum Gasteiger partial charge on any atom is 0.247 e. The summed E-state index contributed by atoms with van der Waals surface area (Å²) in [6, 6.07) is 10.9. The number of carbonyl (C=O) groups is 2. The van der Waals surface area contributed by atoms with E-state index in [1.54, 1.807) is 18.3 Å². The Labute approximate surface area is 257 Å². The van der Waals surface area contributed by atoms with Gasteiger partial charge >= 0.3 is 0 Å². The van der Waals surface area contributed by atoms with Gasteiger partial charge in [-0.2, -0.15) is 0 Å². The normalized spacial score (nSPS) is 15.8. The number of carbonyl (C=O) groups excluding carboxylic acids is 2. The van der Waals surface area contributed by atoms with Crippen molar-refractivity contribution in [3.63, 3.8) is 0 Å². The number of methoxy groups -OCH3 is 1. The number of aromatic nitrogens is 2. The van der Waals surface area contributed by atoms with Gasteiger partial charge in [-0.3, -0.25) is 24.4 Å². The lowest BCUT2D eigenvalue weighted by molar-refractivity contribution is -0.133. The van der Waals surface area contributed by atoms with Crippen LogP contribution in [-0.4, -0.2) is 73.2 Å². The highest BCUT2D eigenvalue weighted by molar-refractivity contribution is 6.16. The van der Waals surface area contributed by atoms with Crippen LogP contribution in [0.1, 0.15) is 12.8 Å². The number of fused-ring (bicyclic) bond motifs is 1. The molecule has 2 aromatic heterocycles. The summed E-state index contributed by atoms with van der Waals surface area (Å²) in [5, 5.41) is 0.536. The van der Waals surface area contributed by atoms with Crippen molar-refractivity contribution in [1.29, 1.82) is 0 Å². The average Bonchev–Trinajstić information content (AvgIpc) is 3.86. The van der Waals surface area contributed by atoms with E-state index in [0.717, 1.165) is 36.7 Å². The molecule has 3 heterocycles. The predicted octanol–water partition coefficient (Wildman–Crippen LogP) is 4.35. The Morgan fingerprint density at radius 3 is 2.44 bits per heavy atom. The third-order valence-electron chi connectivity index (χ3n) is 7.94. The fraction of sp³-hybridized carbons (Fsp3) is 0.312. The third-order valence-corrected chi connectivity index (χ3v) is 7.94. The molecule has 2 amide bonds. The highest BCUT2D eigenvalue weighted by Crippen LogP contribution is 2.49. The smallest absolute Gasteiger partial charge is 0.247 e. The molecular formula is C32H31F2N5O6. The predicted molar refractivity (Wildman–Crippen MR) is 160 cm³/mol. The summed E-state index contributed by atoms with van der Waals surface area (Å²) < 4.78 is 52.0. The van der Waals surface area contributed by atoms with Crippen LogP contribution in [0, 0.1) is 17.0 Å². The first-order valence-electron chi connectivity index (χ1n) is 14.4. The summed E-state index contributed by atoms with van der Waals surface area (Å²) in [6.07, 6.45) is 3.59. The van der Waals surface area contributed by atoms with Crippen LogP contribution >= 0.6 is 0 Å². The van der Waals surface area contributed by atoms with Crippen LogP contribution in [0.4, 0.5) is 20.2 Å². The van der Waals surface area contributed by atoms with Crippen LogP contribution in [0.5, 0.6) is 23.1 Å². The number of nitrogens with zero attached hydrogens (tertiary/aromatic N) is 4. The number of benzene rings is 2. The van der Waals surface area contributed by atoms with Crippen LogP contribution < -0.4 is 24.8 Å². The van der Waals surface area contributed by atoms with Gasteiger partial charge in [0, 0.05) is 50.2 Å². The molecule has 2 fully saturated rings. The zero-order valence-corrected chi connectivity index (χ0v) is 24.5. The zero-order chi connectivity index (χ0) is 31.6. The molecule has 0 spiro atoms. The first-order valence-corrected chi connectivity index (χ1v) is 14.4. The van der Waals surface area contributed by atoms with Gasteiger partial charge < -0.3 is 24.7 Å². The summed E-state index contributed by atoms with van der Waals surface area (Å²) in [5.41, 5.74) is 4.95. The second-order valence-corrected chi connectivity index (χ2v) is 10.8. The Bertz CT molecular complexity index is 1740. The minimum atomic E-state index is -1.43. The quantitative estimate of drug-likeness (QED) is 0.244. The van der Waals surface area contributed by atoms with E-state index in [4.69, 9.17) is 24.7 Å². The number of anilines is 2. The number of amides is 2. The van der Waals surface area contributed by atoms with Crippen LogP contribution in [0.3, 0.4) is 0 Å². The van der Waals surface area contributed by atoms with Crippen molar-refractivity contribution in [3.8, 4) is 23.1 Å². The largest absolute Gasteiger partial charge is 0.494 e. The van der Waals surface area contributed by atoms with Crippen LogP contribution in [0.2, 0.25) is 0 Å². The molecule has 0 atom stereocenters. The summed E-state index contributed by atoms with van der Waals surface area (Å²) in [5.74, 6) is -2.41. The van der Waals surface area contributed by atoms with Gasteiger partial charge in [0.25, 0.3) is 0 Å². The first kappa shape index (κ1) is 30.2. The highest BCUT2D eigenvalue weighted by Gasteiger charge is 2.57. The van der Waals surface area contributed by atoms with Gasteiger partial charge in [0.2, 0.25) is 17.7 Å². The lowest BCUT2D eigenvalue weighted by Crippen LogP contribution is -2.41. The number of hydrogen-bond acceptors (Lipinski definition) is 9. The van der Waals surface area contributed by atoms with Crippen molar-refractivity contribution < 1.29 is 37.3 Å². The van der Waals surface area contributed by atoms with Gasteiger partial charge in [0.15, 0.2) is 23.1 Å². The van der Waals surface area contributed by atoms with Crippen molar-refractivity contribution in [2.75, 3.05) is 51.5 Å². The molecule has 1 saturated heterocycles. The Morgan fingerprint density at radius 2 is 1.73 bits per heavy atom. The molecule has 0 bridgehead atoms. The summed E-state index contributed by atoms with van der Waals surface area (Å²) >= 11 is 0. The summed E-state index contributed by atoms with van der Waals surface area (Å²) in [7, 11) is 1.28. The number of halogens is 2. The Morgan fingerprint density at radius 1 is 0.978 bits per heavy atom. The van der Waals surface area contributed by atoms with E-state index in [0.29, 0.717) is 42.4 Å². The number of hydrogen-bond donors (Lipinski definition) is 1. The minimum absolute atomic E-state index is 0.0890. The summed E-state index contributed by atoms with van der Waals surface area (Å²) in [6.45, 7) is 4.34. The third kappa shape index (κ3) is 6.22. The molecule has 1 aliphatic heterocycles. The zero-order valence-electron chi connectivity index (χ0n) is 24.5. The molecule has 4 aromatic rings. The lowest BCUT2D eigenvalue weighted by atomic mass is 10.0. The molecule has 0 unspecified atom stereocenters.